The molecule has 0 saturated heterocycles. The van der Waals surface area contributed by atoms with E-state index in [1.54, 1.807) is 0 Å². The van der Waals surface area contributed by atoms with Gasteiger partial charge in [-0.05, 0) is 50.8 Å². The van der Waals surface area contributed by atoms with E-state index in [2.05, 4.69) is 41.2 Å². The fourth-order valence-corrected chi connectivity index (χ4v) is 2.57. The molecular weight excluding hydrogens is 426 g/mol. The van der Waals surface area contributed by atoms with E-state index in [9.17, 15) is 8.42 Å². The Morgan fingerprint density at radius 1 is 1.10 bits per heavy atom. The largest absolute Gasteiger partial charge is 0.475 e. The number of hydrogen-bond acceptors (Lipinski definition) is 5. The highest BCUT2D eigenvalue weighted by molar-refractivity contribution is 7.85. The molecule has 1 N–H and O–H groups in total. The maximum Gasteiger partial charge on any atom is 0.261 e. The monoisotopic (exact) mass is 451 g/mol. The summed E-state index contributed by atoms with van der Waals surface area (Å²) in [6.45, 7) is 3.50. The molecule has 0 amide bonds. The van der Waals surface area contributed by atoms with Crippen LogP contribution in [0.15, 0.2) is 54.7 Å². The Kier molecular flexibility index (Phi) is 8.43. The van der Waals surface area contributed by atoms with Crippen LogP contribution in [0.4, 0.5) is 0 Å². The number of aromatic nitrogens is 2. The highest BCUT2D eigenvalue weighted by Crippen LogP contribution is 2.30. The van der Waals surface area contributed by atoms with Crippen molar-refractivity contribution >= 4 is 21.7 Å². The first-order chi connectivity index (χ1) is 14.0. The fraction of sp³-hybridized carbons (Fsp3) is 0.286. The van der Waals surface area contributed by atoms with E-state index in [0.29, 0.717) is 23.8 Å². The first kappa shape index (κ1) is 23.9. The standard InChI is InChI=1S/C20H22ClN3O.CH4O3S/c1-15-4-6-16(7-5-15)19-14-24(18-10-8-17(21)9-11-18)22-20(19)25-13-12-23(2)3;1-5(2,3)4/h4-11,14H,12-13H2,1-3H3;1H3,(H,2,3,4). The number of nitrogens with zero attached hydrogens (tertiary/aromatic N) is 3. The van der Waals surface area contributed by atoms with Crippen LogP contribution >= 0.6 is 11.6 Å². The van der Waals surface area contributed by atoms with Gasteiger partial charge in [-0.2, -0.15) is 8.42 Å². The first-order valence-electron chi connectivity index (χ1n) is 9.15. The van der Waals surface area contributed by atoms with E-state index in [0.717, 1.165) is 23.4 Å². The molecule has 1 heterocycles. The molecule has 0 aliphatic heterocycles. The van der Waals surface area contributed by atoms with Gasteiger partial charge in [0.1, 0.15) is 6.61 Å². The summed E-state index contributed by atoms with van der Waals surface area (Å²) in [7, 11) is 0.382. The summed E-state index contributed by atoms with van der Waals surface area (Å²) in [5.74, 6) is 0.639. The van der Waals surface area contributed by atoms with Crippen LogP contribution in [0, 0.1) is 6.92 Å². The topological polar surface area (TPSA) is 84.7 Å². The van der Waals surface area contributed by atoms with Gasteiger partial charge in [-0.25, -0.2) is 4.68 Å². The number of aryl methyl sites for hydroxylation is 1. The van der Waals surface area contributed by atoms with Gasteiger partial charge in [0.2, 0.25) is 5.88 Å². The Hall–Kier alpha value is -2.39. The minimum Gasteiger partial charge on any atom is -0.475 e. The lowest BCUT2D eigenvalue weighted by molar-refractivity contribution is 0.253. The van der Waals surface area contributed by atoms with Gasteiger partial charge in [-0.1, -0.05) is 41.4 Å². The molecule has 0 bridgehead atoms. The molecule has 7 nitrogen and oxygen atoms in total. The quantitative estimate of drug-likeness (QED) is 0.571. The molecular formula is C21H26ClN3O4S. The summed E-state index contributed by atoms with van der Waals surface area (Å²) in [5, 5.41) is 5.34. The van der Waals surface area contributed by atoms with Crippen molar-refractivity contribution in [1.82, 2.24) is 14.7 Å². The number of rotatable bonds is 6. The highest BCUT2D eigenvalue weighted by atomic mass is 35.5. The highest BCUT2D eigenvalue weighted by Gasteiger charge is 2.14. The van der Waals surface area contributed by atoms with Crippen LogP contribution in [0.3, 0.4) is 0 Å². The van der Waals surface area contributed by atoms with Gasteiger partial charge in [0.05, 0.1) is 17.5 Å². The summed E-state index contributed by atoms with van der Waals surface area (Å²) in [5.41, 5.74) is 4.24. The second-order valence-electron chi connectivity index (χ2n) is 7.02. The molecule has 0 aliphatic carbocycles. The smallest absolute Gasteiger partial charge is 0.261 e. The Labute approximate surface area is 182 Å². The van der Waals surface area contributed by atoms with Crippen molar-refractivity contribution in [2.75, 3.05) is 33.5 Å². The van der Waals surface area contributed by atoms with Crippen molar-refractivity contribution in [3.8, 4) is 22.7 Å². The maximum absolute atomic E-state index is 9.19. The molecule has 0 radical (unpaired) electrons. The zero-order valence-electron chi connectivity index (χ0n) is 17.4. The van der Waals surface area contributed by atoms with E-state index in [1.807, 2.05) is 49.2 Å². The summed E-state index contributed by atoms with van der Waals surface area (Å²) in [6, 6.07) is 16.0. The molecule has 0 aliphatic rings. The molecule has 3 aromatic rings. The van der Waals surface area contributed by atoms with Crippen LogP contribution in [0.5, 0.6) is 5.88 Å². The molecule has 0 spiro atoms. The molecule has 2 aromatic carbocycles. The molecule has 3 rings (SSSR count). The minimum atomic E-state index is -3.67. The molecule has 0 unspecified atom stereocenters. The zero-order chi connectivity index (χ0) is 22.3. The van der Waals surface area contributed by atoms with Crippen molar-refractivity contribution in [3.05, 3.63) is 65.3 Å². The van der Waals surface area contributed by atoms with Crippen LogP contribution < -0.4 is 4.74 Å². The Morgan fingerprint density at radius 2 is 1.67 bits per heavy atom. The Bertz CT molecular complexity index is 1040. The molecule has 162 valence electrons. The number of likely N-dealkylation sites (N-methyl/N-ethyl adjacent to an activating group) is 1. The number of hydrogen-bond donors (Lipinski definition) is 1. The number of halogens is 1. The summed E-state index contributed by atoms with van der Waals surface area (Å²) >= 11 is 5.99. The third-order valence-electron chi connectivity index (χ3n) is 3.91. The third-order valence-corrected chi connectivity index (χ3v) is 4.16. The van der Waals surface area contributed by atoms with E-state index in [4.69, 9.17) is 20.9 Å². The minimum absolute atomic E-state index is 0.587. The van der Waals surface area contributed by atoms with Gasteiger partial charge < -0.3 is 9.64 Å². The van der Waals surface area contributed by atoms with Crippen LogP contribution in [-0.4, -0.2) is 61.2 Å². The van der Waals surface area contributed by atoms with Crippen molar-refractivity contribution in [3.63, 3.8) is 0 Å². The van der Waals surface area contributed by atoms with Gasteiger partial charge in [-0.15, -0.1) is 5.10 Å². The number of ether oxygens (including phenoxy) is 1. The number of benzene rings is 2. The molecule has 30 heavy (non-hydrogen) atoms. The van der Waals surface area contributed by atoms with Gasteiger partial charge in [-0.3, -0.25) is 4.55 Å². The van der Waals surface area contributed by atoms with Crippen molar-refractivity contribution in [2.45, 2.75) is 6.92 Å². The van der Waals surface area contributed by atoms with Crippen LogP contribution in [0.1, 0.15) is 5.56 Å². The summed E-state index contributed by atoms with van der Waals surface area (Å²) in [4.78, 5) is 2.09. The Balaban J connectivity index is 0.000000575. The molecule has 9 heteroatoms. The third kappa shape index (κ3) is 8.16. The van der Waals surface area contributed by atoms with Gasteiger partial charge in [0.25, 0.3) is 10.1 Å². The second-order valence-corrected chi connectivity index (χ2v) is 8.92. The predicted molar refractivity (Wildman–Crippen MR) is 120 cm³/mol. The van der Waals surface area contributed by atoms with E-state index >= 15 is 0 Å². The SMILES string of the molecule is CS(=O)(=O)O.Cc1ccc(-c2cn(-c3ccc(Cl)cc3)nc2OCCN(C)C)cc1. The fourth-order valence-electron chi connectivity index (χ4n) is 2.45. The van der Waals surface area contributed by atoms with Crippen molar-refractivity contribution in [2.24, 2.45) is 0 Å². The van der Waals surface area contributed by atoms with Crippen LogP contribution in [0.2, 0.25) is 5.02 Å². The first-order valence-corrected chi connectivity index (χ1v) is 11.4. The summed E-state index contributed by atoms with van der Waals surface area (Å²) < 4.78 is 33.7. The lowest BCUT2D eigenvalue weighted by Gasteiger charge is -2.10. The average Bonchev–Trinajstić information content (AvgIpc) is 3.05. The maximum atomic E-state index is 9.19. The van der Waals surface area contributed by atoms with Crippen LogP contribution in [-0.2, 0) is 10.1 Å². The average molecular weight is 452 g/mol. The Morgan fingerprint density at radius 3 is 2.20 bits per heavy atom. The molecule has 0 fully saturated rings. The van der Waals surface area contributed by atoms with Crippen LogP contribution in [0.25, 0.3) is 16.8 Å². The second kappa shape index (κ2) is 10.6. The summed E-state index contributed by atoms with van der Waals surface area (Å²) in [6.07, 6.45) is 2.71. The van der Waals surface area contributed by atoms with Gasteiger partial charge in [0.15, 0.2) is 0 Å². The lowest BCUT2D eigenvalue weighted by Crippen LogP contribution is -2.19. The van der Waals surface area contributed by atoms with E-state index < -0.39 is 10.1 Å². The van der Waals surface area contributed by atoms with Gasteiger partial charge >= 0.3 is 0 Å². The van der Waals surface area contributed by atoms with Gasteiger partial charge in [0, 0.05) is 17.8 Å². The molecule has 0 atom stereocenters. The molecule has 1 aromatic heterocycles. The van der Waals surface area contributed by atoms with E-state index in [-0.39, 0.29) is 0 Å². The lowest BCUT2D eigenvalue weighted by atomic mass is 10.1. The van der Waals surface area contributed by atoms with Crippen molar-refractivity contribution < 1.29 is 17.7 Å². The zero-order valence-corrected chi connectivity index (χ0v) is 19.0. The predicted octanol–water partition coefficient (Wildman–Crippen LogP) is 3.95. The molecule has 0 saturated carbocycles. The van der Waals surface area contributed by atoms with Crippen molar-refractivity contribution in [1.29, 1.82) is 0 Å². The van der Waals surface area contributed by atoms with E-state index in [1.165, 1.54) is 5.56 Å². The normalized spacial score (nSPS) is 11.2.